The molecule has 0 spiro atoms. The van der Waals surface area contributed by atoms with Gasteiger partial charge in [0.15, 0.2) is 5.65 Å². The number of hydrogen-bond donors (Lipinski definition) is 1. The van der Waals surface area contributed by atoms with Crippen molar-refractivity contribution in [1.82, 2.24) is 19.6 Å². The van der Waals surface area contributed by atoms with E-state index in [1.165, 1.54) is 12.1 Å². The zero-order valence-electron chi connectivity index (χ0n) is 14.3. The number of nitrogens with one attached hydrogen (secondary N) is 1. The fourth-order valence-corrected chi connectivity index (χ4v) is 2.93. The lowest BCUT2D eigenvalue weighted by Crippen LogP contribution is -2.14. The van der Waals surface area contributed by atoms with E-state index in [0.29, 0.717) is 0 Å². The van der Waals surface area contributed by atoms with Crippen molar-refractivity contribution in [3.8, 4) is 11.3 Å². The van der Waals surface area contributed by atoms with Crippen molar-refractivity contribution in [3.63, 3.8) is 0 Å². The SMILES string of the molecule is CC[C@@H](Nc1cc(-c2ccc(F)cc2)nc2ccnn12)c1ccccn1. The molecule has 6 heteroatoms. The molecule has 0 amide bonds. The van der Waals surface area contributed by atoms with Gasteiger partial charge in [0.2, 0.25) is 0 Å². The highest BCUT2D eigenvalue weighted by atomic mass is 19.1. The molecule has 130 valence electrons. The average Bonchev–Trinajstić information content (AvgIpc) is 3.16. The van der Waals surface area contributed by atoms with Crippen LogP contribution in [0.2, 0.25) is 0 Å². The first-order valence-electron chi connectivity index (χ1n) is 8.53. The van der Waals surface area contributed by atoms with Crippen LogP contribution in [0.25, 0.3) is 16.9 Å². The quantitative estimate of drug-likeness (QED) is 0.578. The third kappa shape index (κ3) is 3.13. The number of rotatable bonds is 5. The number of nitrogens with zero attached hydrogens (tertiary/aromatic N) is 4. The van der Waals surface area contributed by atoms with Gasteiger partial charge in [-0.15, -0.1) is 0 Å². The summed E-state index contributed by atoms with van der Waals surface area (Å²) in [5, 5.41) is 7.88. The summed E-state index contributed by atoms with van der Waals surface area (Å²) in [7, 11) is 0. The molecule has 0 radical (unpaired) electrons. The van der Waals surface area contributed by atoms with Gasteiger partial charge >= 0.3 is 0 Å². The lowest BCUT2D eigenvalue weighted by Gasteiger charge is -2.19. The molecular weight excluding hydrogens is 329 g/mol. The van der Waals surface area contributed by atoms with Gasteiger partial charge < -0.3 is 5.32 Å². The Morgan fingerprint density at radius 3 is 2.65 bits per heavy atom. The molecule has 26 heavy (non-hydrogen) atoms. The highest BCUT2D eigenvalue weighted by molar-refractivity contribution is 5.66. The molecule has 3 heterocycles. The zero-order valence-corrected chi connectivity index (χ0v) is 14.3. The number of anilines is 1. The van der Waals surface area contributed by atoms with Gasteiger partial charge in [-0.05, 0) is 42.8 Å². The van der Waals surface area contributed by atoms with Gasteiger partial charge in [-0.2, -0.15) is 9.61 Å². The van der Waals surface area contributed by atoms with Crippen molar-refractivity contribution in [2.45, 2.75) is 19.4 Å². The Labute approximate surface area is 150 Å². The van der Waals surface area contributed by atoms with E-state index in [9.17, 15) is 4.39 Å². The fourth-order valence-electron chi connectivity index (χ4n) is 2.93. The molecule has 0 saturated heterocycles. The van der Waals surface area contributed by atoms with Crippen LogP contribution in [0.4, 0.5) is 10.2 Å². The van der Waals surface area contributed by atoms with Crippen molar-refractivity contribution in [2.75, 3.05) is 5.32 Å². The molecule has 1 atom stereocenters. The fraction of sp³-hybridized carbons (Fsp3) is 0.150. The van der Waals surface area contributed by atoms with Gasteiger partial charge in [0.25, 0.3) is 0 Å². The lowest BCUT2D eigenvalue weighted by molar-refractivity contribution is 0.628. The third-order valence-electron chi connectivity index (χ3n) is 4.27. The summed E-state index contributed by atoms with van der Waals surface area (Å²) >= 11 is 0. The monoisotopic (exact) mass is 347 g/mol. The molecule has 4 aromatic rings. The van der Waals surface area contributed by atoms with Gasteiger partial charge in [-0.1, -0.05) is 13.0 Å². The van der Waals surface area contributed by atoms with E-state index < -0.39 is 0 Å². The number of benzene rings is 1. The second-order valence-corrected chi connectivity index (χ2v) is 5.99. The van der Waals surface area contributed by atoms with Gasteiger partial charge in [-0.25, -0.2) is 9.37 Å². The van der Waals surface area contributed by atoms with E-state index >= 15 is 0 Å². The van der Waals surface area contributed by atoms with Crippen molar-refractivity contribution in [3.05, 3.63) is 78.5 Å². The summed E-state index contributed by atoms with van der Waals surface area (Å²) in [5.74, 6) is 0.551. The first-order valence-corrected chi connectivity index (χ1v) is 8.53. The first-order chi connectivity index (χ1) is 12.7. The van der Waals surface area contributed by atoms with Crippen molar-refractivity contribution >= 4 is 11.5 Å². The zero-order chi connectivity index (χ0) is 17.9. The maximum absolute atomic E-state index is 13.2. The largest absolute Gasteiger partial charge is 0.362 e. The van der Waals surface area contributed by atoms with Gasteiger partial charge in [0, 0.05) is 23.9 Å². The number of pyridine rings is 1. The van der Waals surface area contributed by atoms with Gasteiger partial charge in [-0.3, -0.25) is 4.98 Å². The van der Waals surface area contributed by atoms with E-state index in [4.69, 9.17) is 0 Å². The molecule has 0 aliphatic rings. The first kappa shape index (κ1) is 16.2. The van der Waals surface area contributed by atoms with Crippen molar-refractivity contribution in [1.29, 1.82) is 0 Å². The Morgan fingerprint density at radius 1 is 1.08 bits per heavy atom. The summed E-state index contributed by atoms with van der Waals surface area (Å²) in [6.07, 6.45) is 4.37. The van der Waals surface area contributed by atoms with Crippen LogP contribution in [0.5, 0.6) is 0 Å². The summed E-state index contributed by atoms with van der Waals surface area (Å²) in [4.78, 5) is 9.08. The molecule has 0 fully saturated rings. The average molecular weight is 347 g/mol. The smallest absolute Gasteiger partial charge is 0.157 e. The highest BCUT2D eigenvalue weighted by Gasteiger charge is 2.14. The molecule has 1 N–H and O–H groups in total. The predicted octanol–water partition coefficient (Wildman–Crippen LogP) is 4.49. The molecule has 4 rings (SSSR count). The van der Waals surface area contributed by atoms with E-state index in [1.807, 2.05) is 30.3 Å². The second-order valence-electron chi connectivity index (χ2n) is 5.99. The second kappa shape index (κ2) is 6.92. The Balaban J connectivity index is 1.76. The Hall–Kier alpha value is -3.28. The predicted molar refractivity (Wildman–Crippen MR) is 99.3 cm³/mol. The van der Waals surface area contributed by atoms with Crippen molar-refractivity contribution < 1.29 is 4.39 Å². The highest BCUT2D eigenvalue weighted by Crippen LogP contribution is 2.26. The molecule has 0 aliphatic heterocycles. The van der Waals surface area contributed by atoms with Crippen molar-refractivity contribution in [2.24, 2.45) is 0 Å². The molecule has 0 aliphatic carbocycles. The summed E-state index contributed by atoms with van der Waals surface area (Å²) < 4.78 is 15.0. The van der Waals surface area contributed by atoms with E-state index in [-0.39, 0.29) is 11.9 Å². The van der Waals surface area contributed by atoms with Gasteiger partial charge in [0.05, 0.1) is 23.6 Å². The van der Waals surface area contributed by atoms with Crippen LogP contribution in [-0.2, 0) is 0 Å². The molecule has 5 nitrogen and oxygen atoms in total. The van der Waals surface area contributed by atoms with Crippen LogP contribution in [-0.4, -0.2) is 19.6 Å². The minimum absolute atomic E-state index is 0.0482. The topological polar surface area (TPSA) is 55.1 Å². The van der Waals surface area contributed by atoms with E-state index in [2.05, 4.69) is 27.3 Å². The molecule has 0 bridgehead atoms. The minimum Gasteiger partial charge on any atom is -0.362 e. The third-order valence-corrected chi connectivity index (χ3v) is 4.27. The summed E-state index contributed by atoms with van der Waals surface area (Å²) in [6.45, 7) is 2.11. The maximum atomic E-state index is 13.2. The van der Waals surface area contributed by atoms with Crippen LogP contribution in [0.3, 0.4) is 0 Å². The number of aromatic nitrogens is 4. The lowest BCUT2D eigenvalue weighted by atomic mass is 10.1. The molecule has 0 unspecified atom stereocenters. The Bertz CT molecular complexity index is 1010. The molecular formula is C20H18FN5. The minimum atomic E-state index is -0.265. The van der Waals surface area contributed by atoms with Crippen LogP contribution in [0, 0.1) is 5.82 Å². The molecule has 0 saturated carbocycles. The van der Waals surface area contributed by atoms with E-state index in [0.717, 1.165) is 34.8 Å². The van der Waals surface area contributed by atoms with Crippen LogP contribution >= 0.6 is 0 Å². The van der Waals surface area contributed by atoms with Gasteiger partial charge in [0.1, 0.15) is 11.6 Å². The number of hydrogen-bond acceptors (Lipinski definition) is 4. The maximum Gasteiger partial charge on any atom is 0.157 e. The Morgan fingerprint density at radius 2 is 1.92 bits per heavy atom. The standard InChI is InChI=1S/C20H18FN5/c1-2-16(17-5-3-4-11-22-17)24-20-13-18(14-6-8-15(21)9-7-14)25-19-10-12-23-26(19)20/h3-13,16,24H,2H2,1H3/t16-/m1/s1. The molecule has 3 aromatic heterocycles. The Kier molecular flexibility index (Phi) is 4.31. The summed E-state index contributed by atoms with van der Waals surface area (Å²) in [6, 6.07) is 16.0. The van der Waals surface area contributed by atoms with E-state index in [1.54, 1.807) is 29.0 Å². The van der Waals surface area contributed by atoms with Crippen LogP contribution in [0.1, 0.15) is 25.1 Å². The van der Waals surface area contributed by atoms with Crippen LogP contribution in [0.15, 0.2) is 67.0 Å². The molecule has 1 aromatic carbocycles. The number of fused-ring (bicyclic) bond motifs is 1. The van der Waals surface area contributed by atoms with Crippen LogP contribution < -0.4 is 5.32 Å². The number of halogens is 1. The summed E-state index contributed by atoms with van der Waals surface area (Å²) in [5.41, 5.74) is 3.31. The normalized spacial score (nSPS) is 12.2.